The molecule has 0 saturated carbocycles. The number of hydrogen-bond acceptors (Lipinski definition) is 3. The maximum absolute atomic E-state index is 11.5. The average Bonchev–Trinajstić information content (AvgIpc) is 2.82. The second kappa shape index (κ2) is 4.25. The van der Waals surface area contributed by atoms with E-state index in [2.05, 4.69) is 6.07 Å². The van der Waals surface area contributed by atoms with Crippen LogP contribution in [0.5, 0.6) is 5.75 Å². The number of benzene rings is 1. The van der Waals surface area contributed by atoms with E-state index < -0.39 is 0 Å². The zero-order valence-electron chi connectivity index (χ0n) is 10.4. The van der Waals surface area contributed by atoms with Gasteiger partial charge in [0.1, 0.15) is 5.75 Å². The molecule has 0 atom stereocenters. The lowest BCUT2D eigenvalue weighted by Crippen LogP contribution is -2.03. The van der Waals surface area contributed by atoms with Gasteiger partial charge in [0.2, 0.25) is 0 Å². The van der Waals surface area contributed by atoms with E-state index >= 15 is 0 Å². The van der Waals surface area contributed by atoms with E-state index in [1.54, 1.807) is 25.4 Å². The number of Topliss-reactive ketones (excluding diaryl/α,β-unsaturated/α-hetero) is 1. The Hall–Kier alpha value is -1.61. The van der Waals surface area contributed by atoms with E-state index in [0.717, 1.165) is 23.5 Å². The van der Waals surface area contributed by atoms with Crippen molar-refractivity contribution in [1.29, 1.82) is 0 Å². The monoisotopic (exact) mass is 258 g/mol. The maximum atomic E-state index is 11.5. The van der Waals surface area contributed by atoms with Crippen LogP contribution in [0.15, 0.2) is 24.3 Å². The lowest BCUT2D eigenvalue weighted by Gasteiger charge is -2.18. The van der Waals surface area contributed by atoms with Gasteiger partial charge in [0.05, 0.1) is 12.0 Å². The Morgan fingerprint density at radius 2 is 2.17 bits per heavy atom. The average molecular weight is 258 g/mol. The fourth-order valence-corrected chi connectivity index (χ4v) is 3.66. The van der Waals surface area contributed by atoms with Crippen molar-refractivity contribution in [1.82, 2.24) is 0 Å². The summed E-state index contributed by atoms with van der Waals surface area (Å²) in [7, 11) is 1.71. The molecule has 0 saturated heterocycles. The number of fused-ring (bicyclic) bond motifs is 3. The molecule has 2 aromatic rings. The van der Waals surface area contributed by atoms with E-state index in [4.69, 9.17) is 4.74 Å². The normalized spacial score (nSPS) is 12.8. The molecule has 0 radical (unpaired) electrons. The number of thiophene rings is 1. The Labute approximate surface area is 110 Å². The van der Waals surface area contributed by atoms with Crippen LogP contribution in [-0.4, -0.2) is 12.9 Å². The van der Waals surface area contributed by atoms with E-state index in [1.807, 2.05) is 18.2 Å². The Kier molecular flexibility index (Phi) is 2.71. The van der Waals surface area contributed by atoms with Crippen molar-refractivity contribution in [2.24, 2.45) is 0 Å². The molecule has 0 amide bonds. The molecule has 18 heavy (non-hydrogen) atoms. The largest absolute Gasteiger partial charge is 0.496 e. The number of carbonyl (C=O) groups excluding carboxylic acids is 1. The Balaban J connectivity index is 2.19. The van der Waals surface area contributed by atoms with Crippen LogP contribution in [0.1, 0.15) is 27.7 Å². The molecule has 0 spiro atoms. The van der Waals surface area contributed by atoms with Crippen LogP contribution in [0.25, 0.3) is 10.4 Å². The smallest absolute Gasteiger partial charge is 0.169 e. The van der Waals surface area contributed by atoms with E-state index in [1.165, 1.54) is 21.6 Å². The highest BCUT2D eigenvalue weighted by Crippen LogP contribution is 2.42. The standard InChI is InChI=1S/C15H14O2S/c1-9(16)14-8-10-6-7-11-12(15(10)18-14)4-3-5-13(11)17-2/h3-5,8H,6-7H2,1-2H3. The summed E-state index contributed by atoms with van der Waals surface area (Å²) < 4.78 is 5.42. The van der Waals surface area contributed by atoms with Crippen LogP contribution in [0.3, 0.4) is 0 Å². The second-order valence-electron chi connectivity index (χ2n) is 4.51. The van der Waals surface area contributed by atoms with Crippen LogP contribution in [0.4, 0.5) is 0 Å². The predicted molar refractivity (Wildman–Crippen MR) is 73.7 cm³/mol. The van der Waals surface area contributed by atoms with Gasteiger partial charge in [0.25, 0.3) is 0 Å². The van der Waals surface area contributed by atoms with Gasteiger partial charge in [-0.05, 0) is 43.0 Å². The number of ether oxygens (including phenoxy) is 1. The van der Waals surface area contributed by atoms with Crippen molar-refractivity contribution in [3.05, 3.63) is 40.3 Å². The SMILES string of the molecule is COc1cccc2c1CCc1cc(C(C)=O)sc1-2. The molecule has 1 aromatic heterocycles. The number of ketones is 1. The minimum Gasteiger partial charge on any atom is -0.496 e. The van der Waals surface area contributed by atoms with Crippen molar-refractivity contribution < 1.29 is 9.53 Å². The zero-order valence-corrected chi connectivity index (χ0v) is 11.3. The minimum absolute atomic E-state index is 0.152. The molecule has 2 nitrogen and oxygen atoms in total. The number of carbonyl (C=O) groups is 1. The molecule has 1 aromatic carbocycles. The first-order valence-corrected chi connectivity index (χ1v) is 6.82. The van der Waals surface area contributed by atoms with Gasteiger partial charge in [-0.3, -0.25) is 4.79 Å². The highest BCUT2D eigenvalue weighted by atomic mass is 32.1. The van der Waals surface area contributed by atoms with Crippen molar-refractivity contribution in [2.45, 2.75) is 19.8 Å². The van der Waals surface area contributed by atoms with Gasteiger partial charge < -0.3 is 4.74 Å². The first kappa shape index (κ1) is 11.5. The summed E-state index contributed by atoms with van der Waals surface area (Å²) in [5.41, 5.74) is 3.79. The van der Waals surface area contributed by atoms with Crippen LogP contribution in [0, 0.1) is 0 Å². The predicted octanol–water partition coefficient (Wildman–Crippen LogP) is 3.72. The van der Waals surface area contributed by atoms with Crippen LogP contribution in [0.2, 0.25) is 0 Å². The molecule has 1 aliphatic carbocycles. The van der Waals surface area contributed by atoms with Gasteiger partial charge in [-0.15, -0.1) is 11.3 Å². The second-order valence-corrected chi connectivity index (χ2v) is 5.56. The first-order valence-electron chi connectivity index (χ1n) is 6.00. The molecule has 0 fully saturated rings. The van der Waals surface area contributed by atoms with E-state index in [-0.39, 0.29) is 5.78 Å². The van der Waals surface area contributed by atoms with Gasteiger partial charge in [0, 0.05) is 10.4 Å². The Bertz CT molecular complexity index is 625. The molecule has 1 aliphatic rings. The van der Waals surface area contributed by atoms with Gasteiger partial charge >= 0.3 is 0 Å². The van der Waals surface area contributed by atoms with E-state index in [0.29, 0.717) is 0 Å². The zero-order chi connectivity index (χ0) is 12.7. The van der Waals surface area contributed by atoms with Crippen molar-refractivity contribution in [2.75, 3.05) is 7.11 Å². The Morgan fingerprint density at radius 1 is 1.33 bits per heavy atom. The molecular weight excluding hydrogens is 244 g/mol. The van der Waals surface area contributed by atoms with Gasteiger partial charge in [-0.2, -0.15) is 0 Å². The number of methoxy groups -OCH3 is 1. The molecular formula is C15H14O2S. The van der Waals surface area contributed by atoms with Crippen LogP contribution in [-0.2, 0) is 12.8 Å². The number of aryl methyl sites for hydroxylation is 1. The lowest BCUT2D eigenvalue weighted by molar-refractivity contribution is 0.102. The molecule has 0 bridgehead atoms. The third-order valence-electron chi connectivity index (χ3n) is 3.40. The third kappa shape index (κ3) is 1.66. The molecule has 0 aliphatic heterocycles. The summed E-state index contributed by atoms with van der Waals surface area (Å²) in [5.74, 6) is 1.11. The summed E-state index contributed by atoms with van der Waals surface area (Å²) in [6.45, 7) is 1.63. The summed E-state index contributed by atoms with van der Waals surface area (Å²) in [5, 5.41) is 0. The molecule has 92 valence electrons. The molecule has 0 N–H and O–H groups in total. The van der Waals surface area contributed by atoms with Crippen molar-refractivity contribution >= 4 is 17.1 Å². The summed E-state index contributed by atoms with van der Waals surface area (Å²) >= 11 is 1.60. The minimum atomic E-state index is 0.152. The summed E-state index contributed by atoms with van der Waals surface area (Å²) in [6.07, 6.45) is 1.98. The molecule has 1 heterocycles. The molecule has 0 unspecified atom stereocenters. The maximum Gasteiger partial charge on any atom is 0.169 e. The highest BCUT2D eigenvalue weighted by molar-refractivity contribution is 7.17. The van der Waals surface area contributed by atoms with Crippen molar-refractivity contribution in [3.8, 4) is 16.2 Å². The molecule has 3 rings (SSSR count). The fourth-order valence-electron chi connectivity index (χ4n) is 2.50. The highest BCUT2D eigenvalue weighted by Gasteiger charge is 2.22. The number of hydrogen-bond donors (Lipinski definition) is 0. The quantitative estimate of drug-likeness (QED) is 0.767. The lowest BCUT2D eigenvalue weighted by atomic mass is 9.90. The van der Waals surface area contributed by atoms with Crippen molar-refractivity contribution in [3.63, 3.8) is 0 Å². The van der Waals surface area contributed by atoms with Crippen LogP contribution >= 0.6 is 11.3 Å². The summed E-state index contributed by atoms with van der Waals surface area (Å²) in [6, 6.07) is 8.18. The molecule has 3 heteroatoms. The first-order chi connectivity index (χ1) is 8.70. The van der Waals surface area contributed by atoms with Gasteiger partial charge in [0.15, 0.2) is 5.78 Å². The fraction of sp³-hybridized carbons (Fsp3) is 0.267. The Morgan fingerprint density at radius 3 is 2.89 bits per heavy atom. The van der Waals surface area contributed by atoms with Gasteiger partial charge in [-0.25, -0.2) is 0 Å². The summed E-state index contributed by atoms with van der Waals surface area (Å²) in [4.78, 5) is 13.6. The van der Waals surface area contributed by atoms with E-state index in [9.17, 15) is 4.79 Å². The van der Waals surface area contributed by atoms with Crippen LogP contribution < -0.4 is 4.74 Å². The topological polar surface area (TPSA) is 26.3 Å². The third-order valence-corrected chi connectivity index (χ3v) is 4.71. The number of rotatable bonds is 2. The van der Waals surface area contributed by atoms with Gasteiger partial charge in [-0.1, -0.05) is 12.1 Å².